The molecule has 1 aliphatic heterocycles. The molecule has 20 heavy (non-hydrogen) atoms. The van der Waals surface area contributed by atoms with Crippen LogP contribution in [0.4, 0.5) is 0 Å². The van der Waals surface area contributed by atoms with E-state index in [2.05, 4.69) is 20.9 Å². The van der Waals surface area contributed by atoms with Gasteiger partial charge in [0, 0.05) is 18.1 Å². The number of aromatic nitrogens is 3. The monoisotopic (exact) mass is 277 g/mol. The number of carbonyl (C=O) groups is 1. The van der Waals surface area contributed by atoms with E-state index in [4.69, 9.17) is 0 Å². The molecule has 0 aromatic carbocycles. The van der Waals surface area contributed by atoms with Crippen molar-refractivity contribution in [3.8, 4) is 0 Å². The summed E-state index contributed by atoms with van der Waals surface area (Å²) in [7, 11) is 0. The Morgan fingerprint density at radius 1 is 1.50 bits per heavy atom. The molecule has 1 saturated carbocycles. The van der Waals surface area contributed by atoms with E-state index in [1.165, 1.54) is 19.3 Å². The van der Waals surface area contributed by atoms with Crippen LogP contribution in [0.5, 0.6) is 0 Å². The Hall–Kier alpha value is -1.43. The van der Waals surface area contributed by atoms with Crippen LogP contribution in [0, 0.1) is 0 Å². The summed E-state index contributed by atoms with van der Waals surface area (Å²) in [6.07, 6.45) is 5.37. The zero-order valence-electron chi connectivity index (χ0n) is 12.3. The quantitative estimate of drug-likeness (QED) is 0.857. The summed E-state index contributed by atoms with van der Waals surface area (Å²) in [5, 5.41) is 14.9. The fourth-order valence-corrected chi connectivity index (χ4v) is 3.50. The number of aryl methyl sites for hydroxylation is 1. The van der Waals surface area contributed by atoms with Gasteiger partial charge in [0.1, 0.15) is 0 Å². The number of rotatable bonds is 4. The van der Waals surface area contributed by atoms with Gasteiger partial charge < -0.3 is 10.6 Å². The summed E-state index contributed by atoms with van der Waals surface area (Å²) in [6, 6.07) is 0.236. The topological polar surface area (TPSA) is 71.8 Å². The van der Waals surface area contributed by atoms with Gasteiger partial charge in [-0.1, -0.05) is 12.1 Å². The number of hydrogen-bond acceptors (Lipinski definition) is 4. The van der Waals surface area contributed by atoms with Crippen LogP contribution in [0.2, 0.25) is 0 Å². The molecule has 0 radical (unpaired) electrons. The minimum absolute atomic E-state index is 0.0680. The lowest BCUT2D eigenvalue weighted by atomic mass is 9.73. The second-order valence-electron chi connectivity index (χ2n) is 5.81. The molecule has 1 atom stereocenters. The van der Waals surface area contributed by atoms with Crippen LogP contribution in [-0.4, -0.2) is 39.0 Å². The number of nitrogens with one attached hydrogen (secondary N) is 2. The third-order valence-electron chi connectivity index (χ3n) is 4.82. The van der Waals surface area contributed by atoms with Crippen LogP contribution < -0.4 is 10.6 Å². The molecule has 6 heteroatoms. The molecule has 2 aliphatic rings. The molecular formula is C14H23N5O. The van der Waals surface area contributed by atoms with Crippen LogP contribution in [-0.2, 0) is 13.0 Å². The van der Waals surface area contributed by atoms with Gasteiger partial charge in [0.05, 0.1) is 5.69 Å². The van der Waals surface area contributed by atoms with Gasteiger partial charge in [-0.05, 0) is 45.6 Å². The minimum Gasteiger partial charge on any atom is -0.346 e. The molecule has 2 N–H and O–H groups in total. The van der Waals surface area contributed by atoms with Gasteiger partial charge in [-0.25, -0.2) is 4.68 Å². The summed E-state index contributed by atoms with van der Waals surface area (Å²) in [4.78, 5) is 12.5. The van der Waals surface area contributed by atoms with Crippen LogP contribution in [0.1, 0.15) is 55.7 Å². The number of hydrogen-bond donors (Lipinski definition) is 2. The third kappa shape index (κ3) is 2.02. The highest BCUT2D eigenvalue weighted by atomic mass is 16.2. The summed E-state index contributed by atoms with van der Waals surface area (Å²) < 4.78 is 1.81. The molecule has 2 heterocycles. The van der Waals surface area contributed by atoms with E-state index in [1.807, 2.05) is 13.8 Å². The summed E-state index contributed by atoms with van der Waals surface area (Å²) >= 11 is 0. The second-order valence-corrected chi connectivity index (χ2v) is 5.81. The molecule has 1 unspecified atom stereocenters. The van der Waals surface area contributed by atoms with E-state index in [0.29, 0.717) is 5.69 Å². The zero-order chi connectivity index (χ0) is 14.2. The molecule has 1 saturated heterocycles. The fraction of sp³-hybridized carbons (Fsp3) is 0.786. The molecule has 3 rings (SSSR count). The third-order valence-corrected chi connectivity index (χ3v) is 4.82. The van der Waals surface area contributed by atoms with Crippen LogP contribution in [0.15, 0.2) is 0 Å². The van der Waals surface area contributed by atoms with Gasteiger partial charge in [0.2, 0.25) is 0 Å². The van der Waals surface area contributed by atoms with E-state index in [1.54, 1.807) is 4.68 Å². The lowest BCUT2D eigenvalue weighted by Crippen LogP contribution is -2.59. The molecule has 1 aliphatic carbocycles. The Kier molecular flexibility index (Phi) is 3.50. The molecule has 1 spiro atoms. The Balaban J connectivity index is 1.75. The lowest BCUT2D eigenvalue weighted by Gasteiger charge is -2.43. The van der Waals surface area contributed by atoms with E-state index in [9.17, 15) is 4.79 Å². The SMILES string of the molecule is CCc1c(C(=O)NC2CCNC23CCC3)nnn1CC. The van der Waals surface area contributed by atoms with Crippen molar-refractivity contribution in [3.63, 3.8) is 0 Å². The van der Waals surface area contributed by atoms with Crippen molar-refractivity contribution in [2.45, 2.75) is 64.1 Å². The van der Waals surface area contributed by atoms with E-state index < -0.39 is 0 Å². The first-order valence-corrected chi connectivity index (χ1v) is 7.68. The van der Waals surface area contributed by atoms with Crippen molar-refractivity contribution in [2.75, 3.05) is 6.54 Å². The van der Waals surface area contributed by atoms with Gasteiger partial charge in [0.15, 0.2) is 5.69 Å². The highest BCUT2D eigenvalue weighted by molar-refractivity contribution is 5.93. The van der Waals surface area contributed by atoms with Crippen molar-refractivity contribution < 1.29 is 4.79 Å². The predicted molar refractivity (Wildman–Crippen MR) is 75.5 cm³/mol. The molecule has 1 amide bonds. The van der Waals surface area contributed by atoms with E-state index >= 15 is 0 Å². The van der Waals surface area contributed by atoms with Crippen LogP contribution in [0.25, 0.3) is 0 Å². The first-order chi connectivity index (χ1) is 9.70. The van der Waals surface area contributed by atoms with E-state index in [0.717, 1.165) is 31.6 Å². The lowest BCUT2D eigenvalue weighted by molar-refractivity contribution is 0.0875. The van der Waals surface area contributed by atoms with Gasteiger partial charge in [0.25, 0.3) is 5.91 Å². The first kappa shape index (κ1) is 13.5. The summed E-state index contributed by atoms with van der Waals surface area (Å²) in [5.74, 6) is -0.0680. The van der Waals surface area contributed by atoms with Gasteiger partial charge in [-0.2, -0.15) is 0 Å². The molecule has 2 fully saturated rings. The smallest absolute Gasteiger partial charge is 0.274 e. The highest BCUT2D eigenvalue weighted by Crippen LogP contribution is 2.39. The Morgan fingerprint density at radius 3 is 2.90 bits per heavy atom. The number of carbonyl (C=O) groups excluding carboxylic acids is 1. The standard InChI is InChI=1S/C14H23N5O/c1-3-10-12(17-18-19(10)4-2)13(20)16-11-6-9-15-14(11)7-5-8-14/h11,15H,3-9H2,1-2H3,(H,16,20). The molecule has 110 valence electrons. The number of amides is 1. The predicted octanol–water partition coefficient (Wildman–Crippen LogP) is 0.875. The Labute approximate surface area is 119 Å². The van der Waals surface area contributed by atoms with Crippen LogP contribution in [0.3, 0.4) is 0 Å². The van der Waals surface area contributed by atoms with Gasteiger partial charge >= 0.3 is 0 Å². The Bertz CT molecular complexity index is 506. The highest BCUT2D eigenvalue weighted by Gasteiger charge is 2.47. The van der Waals surface area contributed by atoms with Crippen molar-refractivity contribution in [1.29, 1.82) is 0 Å². The van der Waals surface area contributed by atoms with Gasteiger partial charge in [-0.15, -0.1) is 5.10 Å². The average Bonchev–Trinajstić information content (AvgIpc) is 3.00. The molecule has 0 bridgehead atoms. The van der Waals surface area contributed by atoms with Crippen molar-refractivity contribution in [2.24, 2.45) is 0 Å². The Morgan fingerprint density at radius 2 is 2.30 bits per heavy atom. The van der Waals surface area contributed by atoms with E-state index in [-0.39, 0.29) is 17.5 Å². The molecular weight excluding hydrogens is 254 g/mol. The molecule has 1 aromatic heterocycles. The summed E-state index contributed by atoms with van der Waals surface area (Å²) in [6.45, 7) is 5.79. The second kappa shape index (κ2) is 5.16. The normalized spacial score (nSPS) is 23.8. The number of nitrogens with zero attached hydrogens (tertiary/aromatic N) is 3. The zero-order valence-corrected chi connectivity index (χ0v) is 12.3. The minimum atomic E-state index is -0.0680. The van der Waals surface area contributed by atoms with Crippen molar-refractivity contribution in [1.82, 2.24) is 25.6 Å². The largest absolute Gasteiger partial charge is 0.346 e. The van der Waals surface area contributed by atoms with Gasteiger partial charge in [-0.3, -0.25) is 4.79 Å². The molecule has 1 aromatic rings. The maximum absolute atomic E-state index is 12.5. The summed E-state index contributed by atoms with van der Waals surface area (Å²) in [5.41, 5.74) is 1.58. The maximum Gasteiger partial charge on any atom is 0.274 e. The first-order valence-electron chi connectivity index (χ1n) is 7.68. The van der Waals surface area contributed by atoms with Crippen molar-refractivity contribution >= 4 is 5.91 Å². The fourth-order valence-electron chi connectivity index (χ4n) is 3.50. The van der Waals surface area contributed by atoms with Crippen molar-refractivity contribution in [3.05, 3.63) is 11.4 Å². The average molecular weight is 277 g/mol. The van der Waals surface area contributed by atoms with Crippen LogP contribution >= 0.6 is 0 Å². The molecule has 6 nitrogen and oxygen atoms in total. The maximum atomic E-state index is 12.5.